The van der Waals surface area contributed by atoms with E-state index in [1.54, 1.807) is 13.1 Å². The second kappa shape index (κ2) is 11.3. The zero-order valence-electron chi connectivity index (χ0n) is 20.3. The second-order valence-electron chi connectivity index (χ2n) is 9.16. The number of amidine groups is 1. The molecule has 4 N–H and O–H groups in total. The van der Waals surface area contributed by atoms with Gasteiger partial charge in [0.15, 0.2) is 5.84 Å². The van der Waals surface area contributed by atoms with Crippen molar-refractivity contribution in [3.8, 4) is 0 Å². The van der Waals surface area contributed by atoms with Crippen LogP contribution in [-0.4, -0.2) is 57.5 Å². The Morgan fingerprint density at radius 2 is 1.88 bits per heavy atom. The van der Waals surface area contributed by atoms with Gasteiger partial charge in [-0.25, -0.2) is 8.42 Å². The summed E-state index contributed by atoms with van der Waals surface area (Å²) in [6.45, 7) is 3.82. The lowest BCUT2D eigenvalue weighted by molar-refractivity contribution is -0.122. The number of likely N-dealkylation sites (N-methyl/N-ethyl adjacent to an activating group) is 1. The molecule has 9 nitrogen and oxygen atoms in total. The summed E-state index contributed by atoms with van der Waals surface area (Å²) in [5.41, 5.74) is 8.30. The summed E-state index contributed by atoms with van der Waals surface area (Å²) in [4.78, 5) is 27.0. The van der Waals surface area contributed by atoms with Gasteiger partial charge in [-0.1, -0.05) is 19.3 Å². The molecule has 2 atom stereocenters. The van der Waals surface area contributed by atoms with Crippen LogP contribution in [0.5, 0.6) is 0 Å². The molecule has 1 aromatic rings. The van der Waals surface area contributed by atoms with Crippen molar-refractivity contribution in [2.75, 3.05) is 24.2 Å². The summed E-state index contributed by atoms with van der Waals surface area (Å²) in [5.74, 6) is -0.413. The van der Waals surface area contributed by atoms with Gasteiger partial charge in [-0.3, -0.25) is 9.59 Å². The van der Waals surface area contributed by atoms with Gasteiger partial charge in [0.2, 0.25) is 11.8 Å². The molecule has 1 saturated carbocycles. The Bertz CT molecular complexity index is 1030. The van der Waals surface area contributed by atoms with Crippen molar-refractivity contribution in [2.24, 2.45) is 10.1 Å². The van der Waals surface area contributed by atoms with E-state index in [0.717, 1.165) is 56.3 Å². The summed E-state index contributed by atoms with van der Waals surface area (Å²) in [6.07, 6.45) is 7.22. The highest BCUT2D eigenvalue weighted by Gasteiger charge is 2.33. The third-order valence-corrected chi connectivity index (χ3v) is 7.90. The number of nitrogens with two attached hydrogens (primary N) is 1. The van der Waals surface area contributed by atoms with Crippen LogP contribution in [0.3, 0.4) is 0 Å². The van der Waals surface area contributed by atoms with E-state index in [1.807, 2.05) is 12.1 Å². The van der Waals surface area contributed by atoms with Crippen LogP contribution < -0.4 is 21.3 Å². The van der Waals surface area contributed by atoms with Gasteiger partial charge in [0.05, 0.1) is 11.8 Å². The number of nitrogens with one attached hydrogen (secondary N) is 2. The van der Waals surface area contributed by atoms with Crippen molar-refractivity contribution in [1.82, 2.24) is 10.6 Å². The highest BCUT2D eigenvalue weighted by molar-refractivity contribution is 7.90. The zero-order chi connectivity index (χ0) is 24.9. The number of benzene rings is 1. The van der Waals surface area contributed by atoms with E-state index >= 15 is 0 Å². The third kappa shape index (κ3) is 6.15. The Labute approximate surface area is 202 Å². The minimum atomic E-state index is -3.76. The molecule has 0 spiro atoms. The highest BCUT2D eigenvalue weighted by atomic mass is 32.2. The molecule has 2 fully saturated rings. The first-order valence-corrected chi connectivity index (χ1v) is 13.8. The lowest BCUT2D eigenvalue weighted by Crippen LogP contribution is -2.43. The summed E-state index contributed by atoms with van der Waals surface area (Å²) in [7, 11) is -2.10. The fraction of sp³-hybridized carbons (Fsp3) is 0.625. The largest absolute Gasteiger partial charge is 0.359 e. The number of hydrogen-bond acceptors (Lipinski definition) is 6. The van der Waals surface area contributed by atoms with E-state index in [1.165, 1.54) is 20.3 Å². The van der Waals surface area contributed by atoms with Crippen molar-refractivity contribution in [2.45, 2.75) is 76.8 Å². The van der Waals surface area contributed by atoms with E-state index in [4.69, 9.17) is 5.73 Å². The molecule has 0 radical (unpaired) electrons. The Hall–Kier alpha value is -2.46. The quantitative estimate of drug-likeness (QED) is 0.395. The smallest absolute Gasteiger partial charge is 0.254 e. The zero-order valence-corrected chi connectivity index (χ0v) is 21.2. The Balaban J connectivity index is 2.10. The van der Waals surface area contributed by atoms with Gasteiger partial charge in [-0.2, -0.15) is 0 Å². The molecule has 0 bridgehead atoms. The molecule has 1 aliphatic heterocycles. The van der Waals surface area contributed by atoms with Crippen LogP contribution in [0.25, 0.3) is 0 Å². The van der Waals surface area contributed by atoms with Crippen LogP contribution in [-0.2, 0) is 19.6 Å². The predicted molar refractivity (Wildman–Crippen MR) is 134 cm³/mol. The number of amides is 2. The predicted octanol–water partition coefficient (Wildman–Crippen LogP) is 2.01. The Kier molecular flexibility index (Phi) is 8.70. The Morgan fingerprint density at radius 3 is 2.50 bits per heavy atom. The van der Waals surface area contributed by atoms with Gasteiger partial charge >= 0.3 is 0 Å². The number of nitrogens with zero attached hydrogens (tertiary/aromatic N) is 2. The minimum absolute atomic E-state index is 0.00309. The topological polar surface area (TPSA) is 134 Å². The van der Waals surface area contributed by atoms with Crippen molar-refractivity contribution in [3.05, 3.63) is 29.3 Å². The van der Waals surface area contributed by atoms with Gasteiger partial charge in [0, 0.05) is 24.8 Å². The lowest BCUT2D eigenvalue weighted by Gasteiger charge is -2.32. The number of sulfonamides is 1. The van der Waals surface area contributed by atoms with Crippen LogP contribution in [0.4, 0.5) is 5.69 Å². The molecule has 188 valence electrons. The number of hydrogen-bond donors (Lipinski definition) is 3. The monoisotopic (exact) mass is 491 g/mol. The van der Waals surface area contributed by atoms with Gasteiger partial charge in [0.1, 0.15) is 6.04 Å². The molecule has 1 heterocycles. The molecule has 3 rings (SSSR count). The number of anilines is 1. The first-order chi connectivity index (χ1) is 16.2. The number of carbonyl (C=O) groups excluding carboxylic acids is 2. The number of carbonyl (C=O) groups is 2. The SMILES string of the molecule is CCS(=O)(=O)N=C(NC(=O)[C@H](C)N)c1ccc(N2CCC[C@H]2C(=O)NC)c(C2CCCCC2)c1. The summed E-state index contributed by atoms with van der Waals surface area (Å²) in [6, 6.07) is 4.60. The normalized spacial score (nSPS) is 20.8. The van der Waals surface area contributed by atoms with Crippen LogP contribution >= 0.6 is 0 Å². The molecular formula is C24H37N5O4S. The van der Waals surface area contributed by atoms with Gasteiger partial charge in [0.25, 0.3) is 10.0 Å². The second-order valence-corrected chi connectivity index (χ2v) is 11.1. The van der Waals surface area contributed by atoms with Crippen molar-refractivity contribution in [1.29, 1.82) is 0 Å². The summed E-state index contributed by atoms with van der Waals surface area (Å²) in [5, 5.41) is 5.38. The van der Waals surface area contributed by atoms with Gasteiger partial charge in [-0.05, 0) is 69.2 Å². The molecule has 2 aliphatic rings. The van der Waals surface area contributed by atoms with Crippen molar-refractivity contribution in [3.63, 3.8) is 0 Å². The number of rotatable bonds is 7. The minimum Gasteiger partial charge on any atom is -0.359 e. The molecule has 0 aromatic heterocycles. The lowest BCUT2D eigenvalue weighted by atomic mass is 9.82. The fourth-order valence-corrected chi connectivity index (χ4v) is 5.34. The molecular weight excluding hydrogens is 454 g/mol. The molecule has 2 amide bonds. The first-order valence-electron chi connectivity index (χ1n) is 12.2. The molecule has 10 heteroatoms. The average Bonchev–Trinajstić information content (AvgIpc) is 3.33. The average molecular weight is 492 g/mol. The molecule has 1 saturated heterocycles. The molecule has 1 aromatic carbocycles. The van der Waals surface area contributed by atoms with Crippen molar-refractivity contribution >= 4 is 33.4 Å². The third-order valence-electron chi connectivity index (χ3n) is 6.71. The molecule has 1 aliphatic carbocycles. The van der Waals surface area contributed by atoms with Crippen LogP contribution in [0, 0.1) is 0 Å². The molecule has 0 unspecified atom stereocenters. The fourth-order valence-electron chi connectivity index (χ4n) is 4.78. The Morgan fingerprint density at radius 1 is 1.18 bits per heavy atom. The van der Waals surface area contributed by atoms with Crippen LogP contribution in [0.1, 0.15) is 75.8 Å². The van der Waals surface area contributed by atoms with E-state index in [9.17, 15) is 18.0 Å². The van der Waals surface area contributed by atoms with E-state index < -0.39 is 22.0 Å². The summed E-state index contributed by atoms with van der Waals surface area (Å²) >= 11 is 0. The molecule has 34 heavy (non-hydrogen) atoms. The first kappa shape index (κ1) is 26.2. The summed E-state index contributed by atoms with van der Waals surface area (Å²) < 4.78 is 28.6. The maximum atomic E-state index is 12.5. The van der Waals surface area contributed by atoms with E-state index in [0.29, 0.717) is 11.5 Å². The maximum absolute atomic E-state index is 12.5. The van der Waals surface area contributed by atoms with Gasteiger partial charge in [-0.15, -0.1) is 4.40 Å². The van der Waals surface area contributed by atoms with E-state index in [-0.39, 0.29) is 23.5 Å². The van der Waals surface area contributed by atoms with Crippen LogP contribution in [0.15, 0.2) is 22.6 Å². The standard InChI is InChI=1S/C24H37N5O4S/c1-4-34(32,33)28-22(27-23(30)16(2)25)18-12-13-20(19(15-18)17-9-6-5-7-10-17)29-14-8-11-21(29)24(31)26-3/h12-13,15-17,21H,4-11,14,25H2,1-3H3,(H,26,31)(H,27,28,30)/t16-,21-/m0/s1. The van der Waals surface area contributed by atoms with Gasteiger partial charge < -0.3 is 21.3 Å². The van der Waals surface area contributed by atoms with Crippen molar-refractivity contribution < 1.29 is 18.0 Å². The van der Waals surface area contributed by atoms with Crippen LogP contribution in [0.2, 0.25) is 0 Å². The maximum Gasteiger partial charge on any atom is 0.254 e. The highest BCUT2D eigenvalue weighted by Crippen LogP contribution is 2.40. The van der Waals surface area contributed by atoms with E-state index in [2.05, 4.69) is 19.9 Å².